The van der Waals surface area contributed by atoms with Crippen LogP contribution in [0.3, 0.4) is 0 Å². The van der Waals surface area contributed by atoms with Crippen molar-refractivity contribution in [2.24, 2.45) is 11.0 Å². The molecular formula is C27H28N6O3. The SMILES string of the molecule is COc1cc(Cc2cnc(N)nc2N)cc(C=CC(=O)N2N=Cc3ccccc3C2C2CC2)c1OC. The number of nitrogens with zero attached hydrogens (tertiary/aromatic N) is 4. The predicted molar refractivity (Wildman–Crippen MR) is 139 cm³/mol. The molecule has 1 fully saturated rings. The summed E-state index contributed by atoms with van der Waals surface area (Å²) in [5.74, 6) is 1.74. The zero-order chi connectivity index (χ0) is 25.2. The Labute approximate surface area is 209 Å². The molecule has 4 N–H and O–H groups in total. The van der Waals surface area contributed by atoms with Crippen LogP contribution in [0.2, 0.25) is 0 Å². The average molecular weight is 485 g/mol. The molecule has 184 valence electrons. The fourth-order valence-electron chi connectivity index (χ4n) is 4.59. The molecule has 3 aromatic rings. The minimum atomic E-state index is -0.194. The fraction of sp³-hybridized carbons (Fsp3) is 0.259. The molecule has 0 bridgehead atoms. The number of aromatic nitrogens is 2. The van der Waals surface area contributed by atoms with Gasteiger partial charge in [0.2, 0.25) is 5.95 Å². The number of hydrogen-bond acceptors (Lipinski definition) is 8. The molecular weight excluding hydrogens is 456 g/mol. The Balaban J connectivity index is 1.44. The second-order valence-electron chi connectivity index (χ2n) is 8.91. The molecule has 2 aromatic carbocycles. The van der Waals surface area contributed by atoms with E-state index < -0.39 is 0 Å². The summed E-state index contributed by atoms with van der Waals surface area (Å²) in [5.41, 5.74) is 16.2. The molecule has 9 nitrogen and oxygen atoms in total. The Morgan fingerprint density at radius 2 is 1.97 bits per heavy atom. The van der Waals surface area contributed by atoms with Gasteiger partial charge < -0.3 is 20.9 Å². The summed E-state index contributed by atoms with van der Waals surface area (Å²) < 4.78 is 11.2. The molecule has 1 aromatic heterocycles. The van der Waals surface area contributed by atoms with Gasteiger partial charge in [-0.25, -0.2) is 9.99 Å². The van der Waals surface area contributed by atoms with Crippen molar-refractivity contribution in [2.75, 3.05) is 25.7 Å². The van der Waals surface area contributed by atoms with Crippen LogP contribution in [-0.2, 0) is 11.2 Å². The number of nitrogen functional groups attached to an aromatic ring is 2. The van der Waals surface area contributed by atoms with Gasteiger partial charge in [0.05, 0.1) is 26.5 Å². The monoisotopic (exact) mass is 484 g/mol. The van der Waals surface area contributed by atoms with E-state index in [-0.39, 0.29) is 17.9 Å². The van der Waals surface area contributed by atoms with E-state index in [1.807, 2.05) is 30.3 Å². The first-order valence-electron chi connectivity index (χ1n) is 11.7. The molecule has 2 aliphatic rings. The molecule has 1 aliphatic heterocycles. The van der Waals surface area contributed by atoms with Crippen LogP contribution in [-0.4, -0.2) is 41.3 Å². The highest BCUT2D eigenvalue weighted by Crippen LogP contribution is 2.46. The van der Waals surface area contributed by atoms with Crippen LogP contribution in [0.25, 0.3) is 6.08 Å². The topological polar surface area (TPSA) is 129 Å². The minimum Gasteiger partial charge on any atom is -0.493 e. The number of benzene rings is 2. The molecule has 1 unspecified atom stereocenters. The quantitative estimate of drug-likeness (QED) is 0.490. The van der Waals surface area contributed by atoms with Crippen molar-refractivity contribution in [1.29, 1.82) is 0 Å². The smallest absolute Gasteiger partial charge is 0.267 e. The van der Waals surface area contributed by atoms with Gasteiger partial charge >= 0.3 is 0 Å². The van der Waals surface area contributed by atoms with Gasteiger partial charge in [-0.2, -0.15) is 10.1 Å². The maximum Gasteiger partial charge on any atom is 0.267 e. The lowest BCUT2D eigenvalue weighted by Crippen LogP contribution is -2.33. The van der Waals surface area contributed by atoms with E-state index in [1.54, 1.807) is 37.7 Å². The third-order valence-corrected chi connectivity index (χ3v) is 6.48. The van der Waals surface area contributed by atoms with Gasteiger partial charge in [-0.3, -0.25) is 4.79 Å². The molecule has 9 heteroatoms. The highest BCUT2D eigenvalue weighted by Gasteiger charge is 2.40. The molecule has 1 aliphatic carbocycles. The third-order valence-electron chi connectivity index (χ3n) is 6.48. The molecule has 1 saturated carbocycles. The number of nitrogens with two attached hydrogens (primary N) is 2. The van der Waals surface area contributed by atoms with Crippen LogP contribution in [0.15, 0.2) is 53.8 Å². The van der Waals surface area contributed by atoms with Gasteiger partial charge in [0.1, 0.15) is 5.82 Å². The Hall–Kier alpha value is -4.40. The molecule has 0 radical (unpaired) electrons. The summed E-state index contributed by atoms with van der Waals surface area (Å²) in [6, 6.07) is 11.8. The van der Waals surface area contributed by atoms with E-state index in [2.05, 4.69) is 21.1 Å². The standard InChI is InChI=1S/C27H28N6O3/c1-35-22-13-16(12-20-14-30-27(29)32-26(20)28)11-18(25(22)36-2)9-10-23(34)33-24(17-7-8-17)21-6-4-3-5-19(21)15-31-33/h3-6,9-11,13-15,17,24H,7-8,12H2,1-2H3,(H4,28,29,30,32). The van der Waals surface area contributed by atoms with E-state index in [9.17, 15) is 4.79 Å². The lowest BCUT2D eigenvalue weighted by atomic mass is 9.95. The van der Waals surface area contributed by atoms with Crippen LogP contribution in [0, 0.1) is 5.92 Å². The zero-order valence-electron chi connectivity index (χ0n) is 20.2. The Morgan fingerprint density at radius 3 is 2.69 bits per heavy atom. The summed E-state index contributed by atoms with van der Waals surface area (Å²) in [5, 5.41) is 6.10. The normalized spacial score (nSPS) is 16.7. The Kier molecular flexibility index (Phi) is 6.28. The summed E-state index contributed by atoms with van der Waals surface area (Å²) in [6.07, 6.45) is 9.26. The van der Waals surface area contributed by atoms with E-state index in [0.29, 0.717) is 35.2 Å². The lowest BCUT2D eigenvalue weighted by Gasteiger charge is -2.31. The highest BCUT2D eigenvalue weighted by atomic mass is 16.5. The van der Waals surface area contributed by atoms with E-state index >= 15 is 0 Å². The highest BCUT2D eigenvalue weighted by molar-refractivity contribution is 5.95. The van der Waals surface area contributed by atoms with Crippen molar-refractivity contribution in [3.05, 3.63) is 76.5 Å². The van der Waals surface area contributed by atoms with Crippen LogP contribution in [0.1, 0.15) is 46.7 Å². The summed E-state index contributed by atoms with van der Waals surface area (Å²) in [7, 11) is 3.14. The van der Waals surface area contributed by atoms with Crippen molar-refractivity contribution in [3.8, 4) is 11.5 Å². The molecule has 0 spiro atoms. The molecule has 1 atom stereocenters. The number of anilines is 2. The maximum absolute atomic E-state index is 13.3. The first-order chi connectivity index (χ1) is 17.5. The lowest BCUT2D eigenvalue weighted by molar-refractivity contribution is -0.129. The van der Waals surface area contributed by atoms with Gasteiger partial charge in [-0.05, 0) is 53.7 Å². The van der Waals surface area contributed by atoms with Crippen LogP contribution in [0.4, 0.5) is 11.8 Å². The van der Waals surface area contributed by atoms with Crippen molar-refractivity contribution in [2.45, 2.75) is 25.3 Å². The average Bonchev–Trinajstić information content (AvgIpc) is 3.73. The summed E-state index contributed by atoms with van der Waals surface area (Å²) in [6.45, 7) is 0. The third kappa shape index (κ3) is 4.59. The van der Waals surface area contributed by atoms with Gasteiger partial charge in [-0.15, -0.1) is 0 Å². The van der Waals surface area contributed by atoms with Crippen molar-refractivity contribution >= 4 is 30.0 Å². The van der Waals surface area contributed by atoms with E-state index in [1.165, 1.54) is 6.08 Å². The second-order valence-corrected chi connectivity index (χ2v) is 8.91. The van der Waals surface area contributed by atoms with Gasteiger partial charge in [0.15, 0.2) is 11.5 Å². The number of hydrogen-bond donors (Lipinski definition) is 2. The van der Waals surface area contributed by atoms with E-state index in [0.717, 1.165) is 35.1 Å². The van der Waals surface area contributed by atoms with Crippen LogP contribution < -0.4 is 20.9 Å². The molecule has 0 saturated heterocycles. The summed E-state index contributed by atoms with van der Waals surface area (Å²) >= 11 is 0. The number of fused-ring (bicyclic) bond motifs is 1. The second kappa shape index (κ2) is 9.69. The predicted octanol–water partition coefficient (Wildman–Crippen LogP) is 3.59. The molecule has 36 heavy (non-hydrogen) atoms. The van der Waals surface area contributed by atoms with Crippen LogP contribution >= 0.6 is 0 Å². The Bertz CT molecular complexity index is 1370. The first-order valence-corrected chi connectivity index (χ1v) is 11.7. The summed E-state index contributed by atoms with van der Waals surface area (Å²) in [4.78, 5) is 21.4. The number of carbonyl (C=O) groups excluding carboxylic acids is 1. The minimum absolute atomic E-state index is 0.0559. The van der Waals surface area contributed by atoms with Gasteiger partial charge in [0, 0.05) is 29.8 Å². The number of ether oxygens (including phenoxy) is 2. The number of carbonyl (C=O) groups is 1. The number of rotatable bonds is 7. The molecule has 1 amide bonds. The maximum atomic E-state index is 13.3. The molecule has 5 rings (SSSR count). The number of amides is 1. The van der Waals surface area contributed by atoms with Crippen molar-refractivity contribution in [3.63, 3.8) is 0 Å². The van der Waals surface area contributed by atoms with Gasteiger partial charge in [0.25, 0.3) is 5.91 Å². The van der Waals surface area contributed by atoms with Gasteiger partial charge in [-0.1, -0.05) is 24.3 Å². The van der Waals surface area contributed by atoms with Crippen LogP contribution in [0.5, 0.6) is 11.5 Å². The first kappa shape index (κ1) is 23.3. The van der Waals surface area contributed by atoms with E-state index in [4.69, 9.17) is 20.9 Å². The fourth-order valence-corrected chi connectivity index (χ4v) is 4.59. The van der Waals surface area contributed by atoms with Crippen molar-refractivity contribution < 1.29 is 14.3 Å². The number of methoxy groups -OCH3 is 2. The molecule has 2 heterocycles. The van der Waals surface area contributed by atoms with Crippen molar-refractivity contribution in [1.82, 2.24) is 15.0 Å². The zero-order valence-corrected chi connectivity index (χ0v) is 20.2. The number of hydrazone groups is 1. The Morgan fingerprint density at radius 1 is 1.17 bits per heavy atom. The largest absolute Gasteiger partial charge is 0.493 e.